The Kier molecular flexibility index (Phi) is 6.32. The van der Waals surface area contributed by atoms with Gasteiger partial charge in [-0.2, -0.15) is 14.0 Å². The minimum Gasteiger partial charge on any atom is -0.218 e. The Hall–Kier alpha value is 0.440. The van der Waals surface area contributed by atoms with Gasteiger partial charge in [-0.15, -0.1) is 23.5 Å². The second-order valence-corrected chi connectivity index (χ2v) is 12.2. The van der Waals surface area contributed by atoms with Crippen molar-refractivity contribution in [2.24, 2.45) is 0 Å². The summed E-state index contributed by atoms with van der Waals surface area (Å²) < 4.78 is 62.7. The van der Waals surface area contributed by atoms with Gasteiger partial charge in [0.25, 0.3) is 0 Å². The zero-order valence-electron chi connectivity index (χ0n) is 11.8. The molecule has 1 aliphatic heterocycles. The van der Waals surface area contributed by atoms with Crippen molar-refractivity contribution < 1.29 is 36.9 Å². The van der Waals surface area contributed by atoms with Crippen LogP contribution in [0, 0.1) is 10.2 Å². The number of sulfone groups is 1. The van der Waals surface area contributed by atoms with Gasteiger partial charge in [-0.05, 0) is 48.2 Å². The van der Waals surface area contributed by atoms with Crippen molar-refractivity contribution >= 4 is 56.9 Å². The van der Waals surface area contributed by atoms with E-state index in [0.717, 1.165) is 0 Å². The molecule has 1 aromatic carbocycles. The third-order valence-electron chi connectivity index (χ3n) is 2.54. The number of benzene rings is 1. The molecule has 0 bridgehead atoms. The Labute approximate surface area is 153 Å². The Balaban J connectivity index is 2.54. The van der Waals surface area contributed by atoms with E-state index >= 15 is 0 Å². The predicted octanol–water partition coefficient (Wildman–Crippen LogP) is 0.318. The van der Waals surface area contributed by atoms with Crippen LogP contribution in [0.5, 0.6) is 0 Å². The maximum atomic E-state index is 12.9. The van der Waals surface area contributed by atoms with E-state index in [1.807, 2.05) is 0 Å². The fraction of sp³-hybridized carbons (Fsp3) is 0.273. The average molecular weight is 435 g/mol. The summed E-state index contributed by atoms with van der Waals surface area (Å²) in [5, 5.41) is 0. The van der Waals surface area contributed by atoms with E-state index in [1.54, 1.807) is 18.6 Å². The standard InChI is InChI=1S/C11H11ClO6S5/c1-19-9-10(20-2)22-11(21-9,18-12(13,14)15)23(16,17)8-6-4-3-5-7-8/h3-7H,1-2H3. The molecule has 2 rings (SSSR count). The first-order valence-corrected chi connectivity index (χ1v) is 12.6. The molecule has 0 radical (unpaired) electrons. The molecule has 23 heavy (non-hydrogen) atoms. The van der Waals surface area contributed by atoms with Crippen molar-refractivity contribution in [3.05, 3.63) is 38.8 Å². The van der Waals surface area contributed by atoms with Crippen molar-refractivity contribution in [3.8, 4) is 0 Å². The molecule has 1 heterocycles. The molecule has 12 heteroatoms. The second kappa shape index (κ2) is 7.36. The summed E-state index contributed by atoms with van der Waals surface area (Å²) in [6.07, 6.45) is 3.46. The van der Waals surface area contributed by atoms with Gasteiger partial charge in [-0.1, -0.05) is 18.2 Å². The number of thioether (sulfide) groups is 4. The zero-order chi connectivity index (χ0) is 17.3. The van der Waals surface area contributed by atoms with Crippen LogP contribution in [0.2, 0.25) is 0 Å². The van der Waals surface area contributed by atoms with Gasteiger partial charge in [0.1, 0.15) is 4.29 Å². The van der Waals surface area contributed by atoms with Gasteiger partial charge in [0, 0.05) is 0 Å². The Morgan fingerprint density at radius 2 is 1.52 bits per heavy atom. The SMILES string of the molecule is CSC1=C(SC)SC(O[Cl+3]([O-])([O-])[O-])(S(=O)(=O)c2ccccc2)S1. The maximum Gasteiger partial charge on any atom is 0.427 e. The van der Waals surface area contributed by atoms with Crippen LogP contribution in [0.25, 0.3) is 0 Å². The first kappa shape index (κ1) is 19.8. The summed E-state index contributed by atoms with van der Waals surface area (Å²) in [5.74, 6) is 0. The van der Waals surface area contributed by atoms with Crippen LogP contribution in [0.1, 0.15) is 0 Å². The fourth-order valence-corrected chi connectivity index (χ4v) is 11.0. The molecule has 0 amide bonds. The minimum atomic E-state index is -4.94. The van der Waals surface area contributed by atoms with E-state index in [-0.39, 0.29) is 4.90 Å². The molecule has 0 saturated heterocycles. The van der Waals surface area contributed by atoms with Gasteiger partial charge < -0.3 is 0 Å². The van der Waals surface area contributed by atoms with E-state index in [9.17, 15) is 22.4 Å². The third-order valence-corrected chi connectivity index (χ3v) is 11.8. The van der Waals surface area contributed by atoms with E-state index in [1.165, 1.54) is 47.8 Å². The highest BCUT2D eigenvalue weighted by Crippen LogP contribution is 2.64. The molecular formula is C11H11ClO6S5. The first-order valence-electron chi connectivity index (χ1n) is 5.76. The van der Waals surface area contributed by atoms with Crippen molar-refractivity contribution in [1.29, 1.82) is 0 Å². The van der Waals surface area contributed by atoms with Crippen LogP contribution in [-0.4, -0.2) is 24.5 Å². The highest BCUT2D eigenvalue weighted by molar-refractivity contribution is 8.44. The summed E-state index contributed by atoms with van der Waals surface area (Å²) >= 11 is 3.94. The largest absolute Gasteiger partial charge is 0.427 e. The van der Waals surface area contributed by atoms with Crippen molar-refractivity contribution in [2.75, 3.05) is 12.5 Å². The molecule has 0 fully saturated rings. The normalized spacial score (nSPS) is 18.5. The molecular weight excluding hydrogens is 424 g/mol. The minimum absolute atomic E-state index is 0.123. The van der Waals surface area contributed by atoms with Gasteiger partial charge in [-0.3, -0.25) is 0 Å². The van der Waals surface area contributed by atoms with Crippen molar-refractivity contribution in [2.45, 2.75) is 8.49 Å². The molecule has 0 aliphatic carbocycles. The van der Waals surface area contributed by atoms with Crippen molar-refractivity contribution in [1.82, 2.24) is 0 Å². The van der Waals surface area contributed by atoms with Crippen LogP contribution in [0.4, 0.5) is 0 Å². The molecule has 0 atom stereocenters. The third kappa shape index (κ3) is 4.17. The zero-order valence-corrected chi connectivity index (χ0v) is 16.6. The van der Waals surface area contributed by atoms with Crippen LogP contribution in [0.15, 0.2) is 43.7 Å². The van der Waals surface area contributed by atoms with E-state index in [0.29, 0.717) is 32.0 Å². The highest BCUT2D eigenvalue weighted by Gasteiger charge is 2.64. The smallest absolute Gasteiger partial charge is 0.218 e. The monoisotopic (exact) mass is 434 g/mol. The Morgan fingerprint density at radius 3 is 1.91 bits per heavy atom. The van der Waals surface area contributed by atoms with Gasteiger partial charge >= 0.3 is 3.60 Å². The maximum absolute atomic E-state index is 12.9. The Morgan fingerprint density at radius 1 is 1.04 bits per heavy atom. The first-order chi connectivity index (χ1) is 10.6. The number of hydrogen-bond donors (Lipinski definition) is 0. The molecule has 128 valence electrons. The number of rotatable bonds is 6. The van der Waals surface area contributed by atoms with E-state index < -0.39 is 23.7 Å². The summed E-state index contributed by atoms with van der Waals surface area (Å²) in [6, 6.07) is 7.29. The summed E-state index contributed by atoms with van der Waals surface area (Å²) in [6.45, 7) is 0. The summed E-state index contributed by atoms with van der Waals surface area (Å²) in [7, 11) is -9.21. The lowest BCUT2D eigenvalue weighted by molar-refractivity contribution is -1.92. The van der Waals surface area contributed by atoms with E-state index in [2.05, 4.69) is 4.29 Å². The van der Waals surface area contributed by atoms with Gasteiger partial charge in [0.2, 0.25) is 9.84 Å². The van der Waals surface area contributed by atoms with Gasteiger partial charge in [-0.25, -0.2) is 8.42 Å². The van der Waals surface area contributed by atoms with E-state index in [4.69, 9.17) is 0 Å². The average Bonchev–Trinajstić information content (AvgIpc) is 2.85. The number of halogens is 1. The molecule has 1 aromatic rings. The number of hydrogen-bond acceptors (Lipinski definition) is 10. The molecule has 0 unspecified atom stereocenters. The Bertz CT molecular complexity index is 683. The predicted molar refractivity (Wildman–Crippen MR) is 86.7 cm³/mol. The fourth-order valence-electron chi connectivity index (χ4n) is 1.62. The van der Waals surface area contributed by atoms with Crippen LogP contribution in [-0.2, 0) is 14.1 Å². The summed E-state index contributed by atoms with van der Waals surface area (Å²) in [5.41, 5.74) is 0. The molecule has 0 spiro atoms. The molecule has 0 N–H and O–H groups in total. The van der Waals surface area contributed by atoms with Gasteiger partial charge in [0.15, 0.2) is 0 Å². The topological polar surface area (TPSA) is 113 Å². The van der Waals surface area contributed by atoms with Gasteiger partial charge in [0.05, 0.1) is 23.6 Å². The van der Waals surface area contributed by atoms with Crippen LogP contribution >= 0.6 is 47.0 Å². The second-order valence-electron chi connectivity index (χ2n) is 3.96. The quantitative estimate of drug-likeness (QED) is 0.620. The lowest BCUT2D eigenvalue weighted by Gasteiger charge is -2.24. The van der Waals surface area contributed by atoms with Crippen molar-refractivity contribution in [3.63, 3.8) is 0 Å². The molecule has 6 nitrogen and oxygen atoms in total. The lowest BCUT2D eigenvalue weighted by Crippen LogP contribution is -2.64. The molecule has 0 aromatic heterocycles. The van der Waals surface area contributed by atoms with Crippen LogP contribution in [0.3, 0.4) is 0 Å². The molecule has 1 aliphatic rings. The summed E-state index contributed by atoms with van der Waals surface area (Å²) in [4.78, 5) is -0.123. The highest BCUT2D eigenvalue weighted by atomic mass is 35.7. The molecule has 0 saturated carbocycles. The lowest BCUT2D eigenvalue weighted by atomic mass is 10.4. The van der Waals surface area contributed by atoms with Crippen LogP contribution < -0.4 is 14.0 Å².